The van der Waals surface area contributed by atoms with Crippen LogP contribution in [0.25, 0.3) is 10.4 Å². The molecule has 1 aromatic heterocycles. The zero-order valence-corrected chi connectivity index (χ0v) is 24.5. The number of carbonyl (C=O) groups excluding carboxylic acids is 1. The number of ether oxygens (including phenoxy) is 5. The fourth-order valence-corrected chi connectivity index (χ4v) is 6.45. The number of hydrogen-bond donors (Lipinski definition) is 0. The first kappa shape index (κ1) is 27.7. The molecule has 4 aromatic rings. The summed E-state index contributed by atoms with van der Waals surface area (Å²) in [6.07, 6.45) is 0.671. The Balaban J connectivity index is 1.57. The van der Waals surface area contributed by atoms with E-state index in [0.717, 1.165) is 27.1 Å². The molecule has 1 amide bonds. The Hall–Kier alpha value is -3.88. The van der Waals surface area contributed by atoms with Gasteiger partial charge in [0.1, 0.15) is 0 Å². The predicted octanol–water partition coefficient (Wildman–Crippen LogP) is 6.90. The van der Waals surface area contributed by atoms with E-state index in [2.05, 4.69) is 0 Å². The van der Waals surface area contributed by atoms with Crippen LogP contribution in [-0.2, 0) is 6.42 Å². The highest BCUT2D eigenvalue weighted by Crippen LogP contribution is 2.47. The molecule has 5 rings (SSSR count). The van der Waals surface area contributed by atoms with Gasteiger partial charge in [0.2, 0.25) is 5.75 Å². The molecule has 208 valence electrons. The van der Waals surface area contributed by atoms with E-state index in [9.17, 15) is 4.79 Å². The third-order valence-corrected chi connectivity index (χ3v) is 8.57. The van der Waals surface area contributed by atoms with E-state index in [4.69, 9.17) is 35.3 Å². The highest BCUT2D eigenvalue weighted by molar-refractivity contribution is 7.17. The smallest absolute Gasteiger partial charge is 0.264 e. The second kappa shape index (κ2) is 11.7. The lowest BCUT2D eigenvalue weighted by atomic mass is 9.87. The van der Waals surface area contributed by atoms with Crippen molar-refractivity contribution in [2.24, 2.45) is 0 Å². The largest absolute Gasteiger partial charge is 0.493 e. The highest BCUT2D eigenvalue weighted by Gasteiger charge is 2.35. The Labute approximate surface area is 242 Å². The van der Waals surface area contributed by atoms with Crippen molar-refractivity contribution in [3.8, 4) is 39.2 Å². The van der Waals surface area contributed by atoms with Gasteiger partial charge in [-0.1, -0.05) is 29.8 Å². The summed E-state index contributed by atoms with van der Waals surface area (Å²) < 4.78 is 27.8. The second-order valence-electron chi connectivity index (χ2n) is 9.12. The number of halogens is 1. The summed E-state index contributed by atoms with van der Waals surface area (Å²) in [5, 5.41) is 0.592. The average Bonchev–Trinajstić information content (AvgIpc) is 3.49. The first-order valence-corrected chi connectivity index (χ1v) is 13.8. The molecule has 0 bridgehead atoms. The normalized spacial score (nSPS) is 14.3. The van der Waals surface area contributed by atoms with E-state index in [1.807, 2.05) is 65.6 Å². The van der Waals surface area contributed by atoms with E-state index in [1.165, 1.54) is 11.3 Å². The lowest BCUT2D eigenvalue weighted by molar-refractivity contribution is 0.0699. The number of thiophene rings is 1. The van der Waals surface area contributed by atoms with Crippen molar-refractivity contribution in [2.75, 3.05) is 42.1 Å². The van der Waals surface area contributed by atoms with Gasteiger partial charge in [0.15, 0.2) is 23.0 Å². The Morgan fingerprint density at radius 2 is 1.50 bits per heavy atom. The summed E-state index contributed by atoms with van der Waals surface area (Å²) in [6, 6.07) is 18.7. The Morgan fingerprint density at radius 3 is 2.17 bits per heavy atom. The molecular formula is C31H30ClNO6S. The van der Waals surface area contributed by atoms with Crippen LogP contribution in [0.2, 0.25) is 5.02 Å². The highest BCUT2D eigenvalue weighted by atomic mass is 35.5. The number of fused-ring (bicyclic) bond motifs is 1. The number of hydrogen-bond acceptors (Lipinski definition) is 7. The first-order chi connectivity index (χ1) is 19.4. The van der Waals surface area contributed by atoms with Crippen LogP contribution in [0.4, 0.5) is 0 Å². The molecule has 9 heteroatoms. The molecule has 1 unspecified atom stereocenters. The quantitative estimate of drug-likeness (QED) is 0.226. The minimum atomic E-state index is -0.397. The number of rotatable bonds is 8. The van der Waals surface area contributed by atoms with Crippen molar-refractivity contribution >= 4 is 28.8 Å². The van der Waals surface area contributed by atoms with Gasteiger partial charge in [-0.05, 0) is 65.6 Å². The molecule has 0 saturated heterocycles. The van der Waals surface area contributed by atoms with Gasteiger partial charge in [-0.3, -0.25) is 4.79 Å². The summed E-state index contributed by atoms with van der Waals surface area (Å²) in [4.78, 5) is 17.5. The molecule has 0 fully saturated rings. The van der Waals surface area contributed by atoms with Gasteiger partial charge in [0.05, 0.1) is 46.5 Å². The number of amides is 1. The van der Waals surface area contributed by atoms with Crippen LogP contribution >= 0.6 is 22.9 Å². The molecule has 2 heterocycles. The Morgan fingerprint density at radius 1 is 0.800 bits per heavy atom. The zero-order chi connectivity index (χ0) is 28.4. The summed E-state index contributed by atoms with van der Waals surface area (Å²) in [5.41, 5.74) is 3.72. The van der Waals surface area contributed by atoms with Gasteiger partial charge in [0.25, 0.3) is 5.91 Å². The molecule has 0 saturated carbocycles. The maximum absolute atomic E-state index is 14.2. The lowest BCUT2D eigenvalue weighted by Crippen LogP contribution is -2.40. The van der Waals surface area contributed by atoms with Gasteiger partial charge in [-0.25, -0.2) is 0 Å². The molecule has 40 heavy (non-hydrogen) atoms. The monoisotopic (exact) mass is 579 g/mol. The van der Waals surface area contributed by atoms with Crippen LogP contribution in [0.5, 0.6) is 28.7 Å². The fourth-order valence-electron chi connectivity index (χ4n) is 5.23. The minimum absolute atomic E-state index is 0.0824. The Bertz CT molecular complexity index is 1550. The first-order valence-electron chi connectivity index (χ1n) is 12.6. The predicted molar refractivity (Wildman–Crippen MR) is 157 cm³/mol. The van der Waals surface area contributed by atoms with Crippen LogP contribution in [0.15, 0.2) is 60.7 Å². The van der Waals surface area contributed by atoms with Crippen molar-refractivity contribution in [2.45, 2.75) is 12.5 Å². The van der Waals surface area contributed by atoms with Gasteiger partial charge in [-0.2, -0.15) is 0 Å². The number of carbonyl (C=O) groups is 1. The summed E-state index contributed by atoms with van der Waals surface area (Å²) in [7, 11) is 7.97. The molecular weight excluding hydrogens is 550 g/mol. The van der Waals surface area contributed by atoms with Crippen molar-refractivity contribution in [3.05, 3.63) is 87.3 Å². The second-order valence-corrected chi connectivity index (χ2v) is 10.6. The molecule has 3 aromatic carbocycles. The molecule has 1 aliphatic rings. The van der Waals surface area contributed by atoms with Crippen molar-refractivity contribution in [1.82, 2.24) is 4.90 Å². The van der Waals surface area contributed by atoms with Crippen molar-refractivity contribution < 1.29 is 28.5 Å². The number of methoxy groups -OCH3 is 5. The topological polar surface area (TPSA) is 66.5 Å². The van der Waals surface area contributed by atoms with Crippen LogP contribution in [0.3, 0.4) is 0 Å². The molecule has 0 radical (unpaired) electrons. The zero-order valence-electron chi connectivity index (χ0n) is 22.9. The maximum atomic E-state index is 14.2. The van der Waals surface area contributed by atoms with E-state index < -0.39 is 6.04 Å². The molecule has 1 atom stereocenters. The summed E-state index contributed by atoms with van der Waals surface area (Å²) in [6.45, 7) is 0.518. The Kier molecular flexibility index (Phi) is 8.09. The molecule has 0 aliphatic carbocycles. The van der Waals surface area contributed by atoms with Gasteiger partial charge >= 0.3 is 0 Å². The van der Waals surface area contributed by atoms with E-state index in [0.29, 0.717) is 51.6 Å². The maximum Gasteiger partial charge on any atom is 0.264 e. The van der Waals surface area contributed by atoms with Crippen LogP contribution in [0, 0.1) is 0 Å². The molecule has 0 N–H and O–H groups in total. The van der Waals surface area contributed by atoms with E-state index in [-0.39, 0.29) is 5.91 Å². The molecule has 7 nitrogen and oxygen atoms in total. The number of nitrogens with zero attached hydrogens (tertiary/aromatic N) is 1. The summed E-state index contributed by atoms with van der Waals surface area (Å²) >= 11 is 8.12. The van der Waals surface area contributed by atoms with Crippen LogP contribution in [0.1, 0.15) is 32.4 Å². The van der Waals surface area contributed by atoms with E-state index in [1.54, 1.807) is 35.5 Å². The van der Waals surface area contributed by atoms with Crippen LogP contribution < -0.4 is 23.7 Å². The molecule has 0 spiro atoms. The average molecular weight is 580 g/mol. The lowest BCUT2D eigenvalue weighted by Gasteiger charge is -2.38. The van der Waals surface area contributed by atoms with E-state index >= 15 is 0 Å². The van der Waals surface area contributed by atoms with Crippen molar-refractivity contribution in [1.29, 1.82) is 0 Å². The molecule has 1 aliphatic heterocycles. The minimum Gasteiger partial charge on any atom is -0.493 e. The SMILES string of the molecule is COc1cc2c(cc1OC)C(c1ccccc1Cl)N(C(=O)c1ccc(-c3ccc(OC)c(OC)c3OC)s1)CC2. The van der Waals surface area contributed by atoms with Gasteiger partial charge in [-0.15, -0.1) is 11.3 Å². The standard InChI is InChI=1S/C31H30ClNO6S/c1-35-23-11-10-20(29(38-4)30(23)39-5)26-12-13-27(40-26)31(34)33-15-14-18-16-24(36-2)25(37-3)17-21(18)28(33)19-8-6-7-9-22(19)32/h6-13,16-17,28H,14-15H2,1-5H3. The third kappa shape index (κ3) is 4.82. The van der Waals surface area contributed by atoms with Crippen molar-refractivity contribution in [3.63, 3.8) is 0 Å². The van der Waals surface area contributed by atoms with Gasteiger partial charge < -0.3 is 28.6 Å². The van der Waals surface area contributed by atoms with Crippen LogP contribution in [-0.4, -0.2) is 52.9 Å². The summed E-state index contributed by atoms with van der Waals surface area (Å²) in [5.74, 6) is 2.79. The number of benzene rings is 3. The van der Waals surface area contributed by atoms with Gasteiger partial charge in [0, 0.05) is 22.0 Å². The fraction of sp³-hybridized carbons (Fsp3) is 0.258. The third-order valence-electron chi connectivity index (χ3n) is 7.12.